The van der Waals surface area contributed by atoms with Crippen molar-refractivity contribution in [2.75, 3.05) is 19.6 Å². The van der Waals surface area contributed by atoms with Gasteiger partial charge in [-0.15, -0.1) is 0 Å². The van der Waals surface area contributed by atoms with Crippen LogP contribution in [-0.2, 0) is 11.2 Å². The summed E-state index contributed by atoms with van der Waals surface area (Å²) in [7, 11) is 0. The molecule has 1 aliphatic heterocycles. The Kier molecular flexibility index (Phi) is 6.39. The van der Waals surface area contributed by atoms with Gasteiger partial charge in [0.25, 0.3) is 0 Å². The van der Waals surface area contributed by atoms with Gasteiger partial charge in [0.2, 0.25) is 5.91 Å². The van der Waals surface area contributed by atoms with Gasteiger partial charge < -0.3 is 15.5 Å². The fraction of sp³-hybridized carbons (Fsp3) is 0.579. The predicted molar refractivity (Wildman–Crippen MR) is 95.7 cm³/mol. The number of benzene rings is 1. The van der Waals surface area contributed by atoms with Gasteiger partial charge in [-0.3, -0.25) is 4.79 Å². The molecule has 5 nitrogen and oxygen atoms in total. The molecule has 3 amide bonds. The molecule has 0 atom stereocenters. The van der Waals surface area contributed by atoms with Crippen molar-refractivity contribution in [3.05, 3.63) is 35.6 Å². The minimum Gasteiger partial charge on any atom is -0.353 e. The molecule has 1 fully saturated rings. The molecular formula is C19H28FN3O2. The number of nitrogens with one attached hydrogen (secondary N) is 2. The highest BCUT2D eigenvalue weighted by Crippen LogP contribution is 2.14. The number of likely N-dealkylation sites (tertiary alicyclic amines) is 1. The van der Waals surface area contributed by atoms with Gasteiger partial charge in [0.05, 0.1) is 6.42 Å². The first-order valence-electron chi connectivity index (χ1n) is 8.80. The van der Waals surface area contributed by atoms with Gasteiger partial charge in [-0.1, -0.05) is 39.0 Å². The molecule has 0 spiro atoms. The van der Waals surface area contributed by atoms with E-state index >= 15 is 0 Å². The third kappa shape index (κ3) is 6.36. The molecule has 1 aromatic carbocycles. The summed E-state index contributed by atoms with van der Waals surface area (Å²) in [6, 6.07) is 6.29. The number of piperidine rings is 1. The van der Waals surface area contributed by atoms with E-state index in [4.69, 9.17) is 0 Å². The van der Waals surface area contributed by atoms with E-state index in [9.17, 15) is 14.0 Å². The summed E-state index contributed by atoms with van der Waals surface area (Å²) in [4.78, 5) is 26.0. The Morgan fingerprint density at radius 2 is 1.84 bits per heavy atom. The van der Waals surface area contributed by atoms with Crippen LogP contribution < -0.4 is 10.6 Å². The fourth-order valence-electron chi connectivity index (χ4n) is 2.77. The average molecular weight is 349 g/mol. The molecule has 25 heavy (non-hydrogen) atoms. The zero-order valence-corrected chi connectivity index (χ0v) is 15.3. The molecule has 1 aromatic rings. The quantitative estimate of drug-likeness (QED) is 0.878. The Morgan fingerprint density at radius 3 is 2.44 bits per heavy atom. The lowest BCUT2D eigenvalue weighted by Crippen LogP contribution is -2.50. The molecule has 1 aliphatic rings. The molecule has 0 aliphatic carbocycles. The van der Waals surface area contributed by atoms with Crippen molar-refractivity contribution in [3.63, 3.8) is 0 Å². The van der Waals surface area contributed by atoms with Crippen LogP contribution in [0, 0.1) is 11.2 Å². The Morgan fingerprint density at radius 1 is 1.20 bits per heavy atom. The van der Waals surface area contributed by atoms with Crippen LogP contribution in [0.4, 0.5) is 9.18 Å². The maximum absolute atomic E-state index is 13.6. The lowest BCUT2D eigenvalue weighted by Gasteiger charge is -2.33. The third-order valence-corrected chi connectivity index (χ3v) is 4.23. The Hall–Kier alpha value is -2.11. The van der Waals surface area contributed by atoms with Crippen LogP contribution >= 0.6 is 0 Å². The van der Waals surface area contributed by atoms with E-state index in [1.165, 1.54) is 6.07 Å². The van der Waals surface area contributed by atoms with Gasteiger partial charge >= 0.3 is 6.03 Å². The topological polar surface area (TPSA) is 61.4 Å². The Labute approximate surface area is 149 Å². The molecule has 0 saturated carbocycles. The molecule has 2 N–H and O–H groups in total. The smallest absolute Gasteiger partial charge is 0.317 e. The first-order chi connectivity index (χ1) is 11.7. The number of amides is 3. The second-order valence-electron chi connectivity index (χ2n) is 7.82. The highest BCUT2D eigenvalue weighted by atomic mass is 19.1. The second kappa shape index (κ2) is 8.32. The Balaban J connectivity index is 1.74. The van der Waals surface area contributed by atoms with Crippen LogP contribution in [0.25, 0.3) is 0 Å². The zero-order chi connectivity index (χ0) is 18.4. The van der Waals surface area contributed by atoms with Crippen molar-refractivity contribution in [3.8, 4) is 0 Å². The van der Waals surface area contributed by atoms with E-state index in [-0.39, 0.29) is 35.6 Å². The van der Waals surface area contributed by atoms with Crippen LogP contribution in [-0.4, -0.2) is 42.5 Å². The van der Waals surface area contributed by atoms with Crippen molar-refractivity contribution in [2.45, 2.75) is 46.1 Å². The molecule has 6 heteroatoms. The molecule has 0 radical (unpaired) electrons. The first kappa shape index (κ1) is 19.2. The van der Waals surface area contributed by atoms with Crippen molar-refractivity contribution in [2.24, 2.45) is 5.41 Å². The summed E-state index contributed by atoms with van der Waals surface area (Å²) >= 11 is 0. The van der Waals surface area contributed by atoms with Crippen LogP contribution in [0.3, 0.4) is 0 Å². The number of hydrogen-bond acceptors (Lipinski definition) is 2. The number of urea groups is 1. The van der Waals surface area contributed by atoms with Crippen molar-refractivity contribution >= 4 is 11.9 Å². The van der Waals surface area contributed by atoms with E-state index in [0.717, 1.165) is 0 Å². The molecule has 0 bridgehead atoms. The number of carbonyl (C=O) groups excluding carboxylic acids is 2. The van der Waals surface area contributed by atoms with Gasteiger partial charge in [0.15, 0.2) is 0 Å². The monoisotopic (exact) mass is 349 g/mol. The standard InChI is InChI=1S/C19H28FN3O2/c1-19(2,3)13-21-18(25)23-10-8-15(9-11-23)22-17(24)12-14-6-4-5-7-16(14)20/h4-7,15H,8-13H2,1-3H3,(H,21,25)(H,22,24). The number of rotatable bonds is 4. The maximum atomic E-state index is 13.6. The lowest BCUT2D eigenvalue weighted by molar-refractivity contribution is -0.121. The van der Waals surface area contributed by atoms with E-state index in [2.05, 4.69) is 31.4 Å². The first-order valence-corrected chi connectivity index (χ1v) is 8.80. The summed E-state index contributed by atoms with van der Waals surface area (Å²) in [5.41, 5.74) is 0.452. The number of carbonyl (C=O) groups is 2. The van der Waals surface area contributed by atoms with E-state index in [0.29, 0.717) is 38.0 Å². The number of halogens is 1. The fourth-order valence-corrected chi connectivity index (χ4v) is 2.77. The van der Waals surface area contributed by atoms with Crippen molar-refractivity contribution in [1.82, 2.24) is 15.5 Å². The minimum absolute atomic E-state index is 0.0333. The molecule has 2 rings (SSSR count). The number of nitrogens with zero attached hydrogens (tertiary/aromatic N) is 1. The molecule has 1 heterocycles. The lowest BCUT2D eigenvalue weighted by atomic mass is 9.97. The number of hydrogen-bond donors (Lipinski definition) is 2. The second-order valence-corrected chi connectivity index (χ2v) is 7.82. The van der Waals surface area contributed by atoms with E-state index in [1.807, 2.05) is 0 Å². The summed E-state index contributed by atoms with van der Waals surface area (Å²) < 4.78 is 13.6. The van der Waals surface area contributed by atoms with Gasteiger partial charge in [-0.25, -0.2) is 9.18 Å². The molecule has 1 saturated heterocycles. The molecule has 0 aromatic heterocycles. The summed E-state index contributed by atoms with van der Waals surface area (Å²) in [6.45, 7) is 8.08. The van der Waals surface area contributed by atoms with Crippen LogP contribution in [0.2, 0.25) is 0 Å². The molecule has 138 valence electrons. The van der Waals surface area contributed by atoms with Crippen molar-refractivity contribution in [1.29, 1.82) is 0 Å². The van der Waals surface area contributed by atoms with Gasteiger partial charge in [-0.2, -0.15) is 0 Å². The predicted octanol–water partition coefficient (Wildman–Crippen LogP) is 2.70. The van der Waals surface area contributed by atoms with E-state index < -0.39 is 0 Å². The van der Waals surface area contributed by atoms with E-state index in [1.54, 1.807) is 23.1 Å². The van der Waals surface area contributed by atoms with Crippen LogP contribution in [0.5, 0.6) is 0 Å². The highest BCUT2D eigenvalue weighted by Gasteiger charge is 2.24. The zero-order valence-electron chi connectivity index (χ0n) is 15.3. The highest BCUT2D eigenvalue weighted by molar-refractivity contribution is 5.79. The summed E-state index contributed by atoms with van der Waals surface area (Å²) in [5, 5.41) is 5.89. The normalized spacial score (nSPS) is 15.8. The summed E-state index contributed by atoms with van der Waals surface area (Å²) in [6.07, 6.45) is 1.47. The minimum atomic E-state index is -0.358. The maximum Gasteiger partial charge on any atom is 0.317 e. The third-order valence-electron chi connectivity index (χ3n) is 4.23. The summed E-state index contributed by atoms with van der Waals surface area (Å²) in [5.74, 6) is -0.538. The van der Waals surface area contributed by atoms with Crippen molar-refractivity contribution < 1.29 is 14.0 Å². The molecule has 0 unspecified atom stereocenters. The van der Waals surface area contributed by atoms with Crippen LogP contribution in [0.1, 0.15) is 39.2 Å². The SMILES string of the molecule is CC(C)(C)CNC(=O)N1CCC(NC(=O)Cc2ccccc2F)CC1. The van der Waals surface area contributed by atoms with Gasteiger partial charge in [0, 0.05) is 25.7 Å². The van der Waals surface area contributed by atoms with Gasteiger partial charge in [0.1, 0.15) is 5.82 Å². The average Bonchev–Trinajstić information content (AvgIpc) is 2.55. The molecular weight excluding hydrogens is 321 g/mol. The Bertz CT molecular complexity index is 605. The largest absolute Gasteiger partial charge is 0.353 e. The van der Waals surface area contributed by atoms with Crippen LogP contribution in [0.15, 0.2) is 24.3 Å². The van der Waals surface area contributed by atoms with Gasteiger partial charge in [-0.05, 0) is 29.9 Å².